The minimum atomic E-state index is -0.109. The second-order valence-electron chi connectivity index (χ2n) is 6.03. The summed E-state index contributed by atoms with van der Waals surface area (Å²) in [5.41, 5.74) is 3.74. The number of benzene rings is 1. The van der Waals surface area contributed by atoms with Crippen molar-refractivity contribution in [3.8, 4) is 5.75 Å². The van der Waals surface area contributed by atoms with Crippen molar-refractivity contribution in [1.82, 2.24) is 14.7 Å². The smallest absolute Gasteiger partial charge is 0.254 e. The fourth-order valence-corrected chi connectivity index (χ4v) is 3.26. The maximum Gasteiger partial charge on any atom is 0.254 e. The summed E-state index contributed by atoms with van der Waals surface area (Å²) >= 11 is 0. The Balaban J connectivity index is 1.92. The van der Waals surface area contributed by atoms with Crippen LogP contribution < -0.4 is 4.74 Å². The van der Waals surface area contributed by atoms with E-state index in [0.717, 1.165) is 22.7 Å². The molecule has 6 nitrogen and oxygen atoms in total. The number of ether oxygens (including phenoxy) is 2. The lowest BCUT2D eigenvalue weighted by Gasteiger charge is -2.36. The third kappa shape index (κ3) is 2.89. The van der Waals surface area contributed by atoms with E-state index in [1.807, 2.05) is 42.6 Å². The predicted molar refractivity (Wildman–Crippen MR) is 90.3 cm³/mol. The first-order chi connectivity index (χ1) is 11.5. The maximum atomic E-state index is 13.0. The Bertz CT molecular complexity index is 737. The van der Waals surface area contributed by atoms with Gasteiger partial charge in [0.05, 0.1) is 32.1 Å². The molecule has 0 saturated carbocycles. The second-order valence-corrected chi connectivity index (χ2v) is 6.03. The lowest BCUT2D eigenvalue weighted by Crippen LogP contribution is -2.43. The van der Waals surface area contributed by atoms with E-state index >= 15 is 0 Å². The Hall–Kier alpha value is -2.34. The summed E-state index contributed by atoms with van der Waals surface area (Å²) in [5.74, 6) is 0.748. The molecule has 1 aromatic heterocycles. The molecule has 0 aliphatic carbocycles. The third-order valence-corrected chi connectivity index (χ3v) is 4.62. The van der Waals surface area contributed by atoms with E-state index in [4.69, 9.17) is 9.47 Å². The summed E-state index contributed by atoms with van der Waals surface area (Å²) in [5, 5.41) is 4.48. The molecule has 3 rings (SSSR count). The zero-order valence-corrected chi connectivity index (χ0v) is 14.6. The molecule has 0 bridgehead atoms. The predicted octanol–water partition coefficient (Wildman–Crippen LogP) is 2.26. The molecule has 128 valence electrons. The normalized spacial score (nSPS) is 17.8. The average Bonchev–Trinajstić information content (AvgIpc) is 2.86. The number of amides is 1. The third-order valence-electron chi connectivity index (χ3n) is 4.62. The van der Waals surface area contributed by atoms with E-state index in [-0.39, 0.29) is 11.9 Å². The van der Waals surface area contributed by atoms with Gasteiger partial charge in [-0.3, -0.25) is 9.48 Å². The Kier molecular flexibility index (Phi) is 4.57. The van der Waals surface area contributed by atoms with Crippen LogP contribution in [0.4, 0.5) is 0 Å². The molecule has 1 aromatic carbocycles. The van der Waals surface area contributed by atoms with Gasteiger partial charge in [0.25, 0.3) is 5.91 Å². The number of hydrogen-bond donors (Lipinski definition) is 0. The van der Waals surface area contributed by atoms with Gasteiger partial charge in [0.2, 0.25) is 0 Å². The molecular weight excluding hydrogens is 306 g/mol. The monoisotopic (exact) mass is 329 g/mol. The molecule has 1 aliphatic heterocycles. The van der Waals surface area contributed by atoms with Crippen molar-refractivity contribution in [2.45, 2.75) is 19.9 Å². The van der Waals surface area contributed by atoms with E-state index < -0.39 is 0 Å². The number of carbonyl (C=O) groups excluding carboxylic acids is 1. The quantitative estimate of drug-likeness (QED) is 0.867. The molecule has 6 heteroatoms. The summed E-state index contributed by atoms with van der Waals surface area (Å²) < 4.78 is 12.7. The first-order valence-electron chi connectivity index (χ1n) is 8.05. The summed E-state index contributed by atoms with van der Waals surface area (Å²) in [6.07, 6.45) is 0. The van der Waals surface area contributed by atoms with E-state index in [1.165, 1.54) is 0 Å². The maximum absolute atomic E-state index is 13.0. The van der Waals surface area contributed by atoms with Crippen molar-refractivity contribution in [3.05, 3.63) is 46.8 Å². The standard InChI is InChI=1S/C18H23N3O3/c1-12-17(13(2)20(3)19-12)16-11-24-10-9-21(16)18(22)14-5-7-15(23-4)8-6-14/h5-8,16H,9-11H2,1-4H3/t16-/m1/s1. The van der Waals surface area contributed by atoms with Crippen LogP contribution in [-0.4, -0.2) is 47.5 Å². The van der Waals surface area contributed by atoms with Crippen molar-refractivity contribution in [3.63, 3.8) is 0 Å². The highest BCUT2D eigenvalue weighted by atomic mass is 16.5. The fourth-order valence-electron chi connectivity index (χ4n) is 3.26. The van der Waals surface area contributed by atoms with Gasteiger partial charge >= 0.3 is 0 Å². The summed E-state index contributed by atoms with van der Waals surface area (Å²) in [6, 6.07) is 7.11. The van der Waals surface area contributed by atoms with Gasteiger partial charge in [-0.15, -0.1) is 0 Å². The number of aromatic nitrogens is 2. The average molecular weight is 329 g/mol. The lowest BCUT2D eigenvalue weighted by atomic mass is 10.0. The molecule has 24 heavy (non-hydrogen) atoms. The minimum Gasteiger partial charge on any atom is -0.497 e. The van der Waals surface area contributed by atoms with E-state index in [2.05, 4.69) is 5.10 Å². The minimum absolute atomic E-state index is 0.00797. The van der Waals surface area contributed by atoms with Gasteiger partial charge in [-0.1, -0.05) is 0 Å². The highest BCUT2D eigenvalue weighted by Crippen LogP contribution is 2.30. The van der Waals surface area contributed by atoms with Gasteiger partial charge in [0.1, 0.15) is 5.75 Å². The van der Waals surface area contributed by atoms with Crippen LogP contribution in [0.25, 0.3) is 0 Å². The Labute approximate surface area is 142 Å². The van der Waals surface area contributed by atoms with E-state index in [1.54, 1.807) is 19.2 Å². The molecule has 2 heterocycles. The Morgan fingerprint density at radius 2 is 2.00 bits per heavy atom. The highest BCUT2D eigenvalue weighted by molar-refractivity contribution is 5.94. The van der Waals surface area contributed by atoms with Crippen molar-refractivity contribution >= 4 is 5.91 Å². The molecule has 2 aromatic rings. The van der Waals surface area contributed by atoms with Gasteiger partial charge in [-0.2, -0.15) is 5.10 Å². The lowest BCUT2D eigenvalue weighted by molar-refractivity contribution is -0.00305. The van der Waals surface area contributed by atoms with Crippen LogP contribution in [0.15, 0.2) is 24.3 Å². The fraction of sp³-hybridized carbons (Fsp3) is 0.444. The molecule has 0 spiro atoms. The molecule has 1 amide bonds. The number of aryl methyl sites for hydroxylation is 2. The van der Waals surface area contributed by atoms with Crippen LogP contribution in [0, 0.1) is 13.8 Å². The number of nitrogens with zero attached hydrogens (tertiary/aromatic N) is 3. The Morgan fingerprint density at radius 3 is 2.58 bits per heavy atom. The zero-order chi connectivity index (χ0) is 17.3. The number of carbonyl (C=O) groups is 1. The summed E-state index contributed by atoms with van der Waals surface area (Å²) in [4.78, 5) is 14.9. The topological polar surface area (TPSA) is 56.6 Å². The van der Waals surface area contributed by atoms with Crippen LogP contribution in [-0.2, 0) is 11.8 Å². The van der Waals surface area contributed by atoms with Crippen LogP contribution in [0.2, 0.25) is 0 Å². The second kappa shape index (κ2) is 6.65. The molecule has 0 radical (unpaired) electrons. The van der Waals surface area contributed by atoms with Crippen LogP contribution in [0.1, 0.15) is 33.4 Å². The van der Waals surface area contributed by atoms with Gasteiger partial charge in [-0.05, 0) is 38.1 Å². The van der Waals surface area contributed by atoms with Crippen LogP contribution in [0.3, 0.4) is 0 Å². The largest absolute Gasteiger partial charge is 0.497 e. The first kappa shape index (κ1) is 16.5. The number of hydrogen-bond acceptors (Lipinski definition) is 4. The van der Waals surface area contributed by atoms with Gasteiger partial charge in [0, 0.05) is 30.4 Å². The van der Waals surface area contributed by atoms with E-state index in [9.17, 15) is 4.79 Å². The Morgan fingerprint density at radius 1 is 1.29 bits per heavy atom. The number of methoxy groups -OCH3 is 1. The highest BCUT2D eigenvalue weighted by Gasteiger charge is 2.32. The van der Waals surface area contributed by atoms with Crippen molar-refractivity contribution in [2.24, 2.45) is 7.05 Å². The molecular formula is C18H23N3O3. The van der Waals surface area contributed by atoms with Crippen molar-refractivity contribution < 1.29 is 14.3 Å². The molecule has 1 saturated heterocycles. The molecule has 0 N–H and O–H groups in total. The summed E-state index contributed by atoms with van der Waals surface area (Å²) in [6.45, 7) is 5.63. The van der Waals surface area contributed by atoms with Crippen LogP contribution in [0.5, 0.6) is 5.75 Å². The van der Waals surface area contributed by atoms with Gasteiger partial charge in [-0.25, -0.2) is 0 Å². The van der Waals surface area contributed by atoms with Crippen molar-refractivity contribution in [2.75, 3.05) is 26.9 Å². The molecule has 1 atom stereocenters. The molecule has 1 aliphatic rings. The molecule has 1 fully saturated rings. The number of rotatable bonds is 3. The van der Waals surface area contributed by atoms with Crippen LogP contribution >= 0.6 is 0 Å². The van der Waals surface area contributed by atoms with Gasteiger partial charge < -0.3 is 14.4 Å². The van der Waals surface area contributed by atoms with Gasteiger partial charge in [0.15, 0.2) is 0 Å². The first-order valence-corrected chi connectivity index (χ1v) is 8.05. The zero-order valence-electron chi connectivity index (χ0n) is 14.6. The van der Waals surface area contributed by atoms with Crippen molar-refractivity contribution in [1.29, 1.82) is 0 Å². The number of morpholine rings is 1. The SMILES string of the molecule is COc1ccc(C(=O)N2CCOC[C@@H]2c2c(C)nn(C)c2C)cc1. The van der Waals surface area contributed by atoms with E-state index in [0.29, 0.717) is 25.3 Å². The molecule has 0 unspecified atom stereocenters. The summed E-state index contributed by atoms with van der Waals surface area (Å²) in [7, 11) is 3.54.